The molecule has 0 amide bonds. The summed E-state index contributed by atoms with van der Waals surface area (Å²) in [6.45, 7) is 4.75. The standard InChI is InChI=1S/C18H19FN4/c19-15-6-7-17-21-18(14-4-2-1-3-5-14)16(23(17)12-15)13-22-10-8-20-9-11-22/h1-7,12,20H,8-11,13H2. The maximum absolute atomic E-state index is 13.7. The third kappa shape index (κ3) is 2.85. The Bertz CT molecular complexity index is 807. The second kappa shape index (κ2) is 6.10. The van der Waals surface area contributed by atoms with Crippen molar-refractivity contribution >= 4 is 5.65 Å². The lowest BCUT2D eigenvalue weighted by Crippen LogP contribution is -2.43. The number of benzene rings is 1. The summed E-state index contributed by atoms with van der Waals surface area (Å²) in [7, 11) is 0. The predicted octanol–water partition coefficient (Wildman–Crippen LogP) is 2.55. The summed E-state index contributed by atoms with van der Waals surface area (Å²) in [5.74, 6) is -0.240. The first-order valence-corrected chi connectivity index (χ1v) is 7.96. The summed E-state index contributed by atoms with van der Waals surface area (Å²) >= 11 is 0. The molecular weight excluding hydrogens is 291 g/mol. The van der Waals surface area contributed by atoms with Crippen molar-refractivity contribution in [3.63, 3.8) is 0 Å². The van der Waals surface area contributed by atoms with Gasteiger partial charge in [0.2, 0.25) is 0 Å². The van der Waals surface area contributed by atoms with Crippen molar-refractivity contribution in [1.82, 2.24) is 19.6 Å². The summed E-state index contributed by atoms with van der Waals surface area (Å²) in [5, 5.41) is 3.36. The highest BCUT2D eigenvalue weighted by atomic mass is 19.1. The van der Waals surface area contributed by atoms with Crippen LogP contribution in [-0.4, -0.2) is 40.5 Å². The molecule has 1 saturated heterocycles. The lowest BCUT2D eigenvalue weighted by atomic mass is 10.1. The van der Waals surface area contributed by atoms with Crippen LogP contribution in [-0.2, 0) is 6.54 Å². The molecule has 0 bridgehead atoms. The van der Waals surface area contributed by atoms with Crippen LogP contribution in [0.4, 0.5) is 4.39 Å². The molecule has 118 valence electrons. The zero-order valence-electron chi connectivity index (χ0n) is 12.9. The van der Waals surface area contributed by atoms with Gasteiger partial charge in [0.1, 0.15) is 11.5 Å². The number of piperazine rings is 1. The molecule has 1 aliphatic rings. The van der Waals surface area contributed by atoms with Crippen LogP contribution in [0.5, 0.6) is 0 Å². The molecular formula is C18H19FN4. The minimum atomic E-state index is -0.240. The average molecular weight is 310 g/mol. The van der Waals surface area contributed by atoms with Gasteiger partial charge in [-0.3, -0.25) is 9.30 Å². The van der Waals surface area contributed by atoms with Gasteiger partial charge < -0.3 is 5.32 Å². The van der Waals surface area contributed by atoms with E-state index < -0.39 is 0 Å². The summed E-state index contributed by atoms with van der Waals surface area (Å²) < 4.78 is 15.6. The third-order valence-corrected chi connectivity index (χ3v) is 4.31. The van der Waals surface area contributed by atoms with Crippen molar-refractivity contribution in [2.75, 3.05) is 26.2 Å². The predicted molar refractivity (Wildman–Crippen MR) is 88.7 cm³/mol. The van der Waals surface area contributed by atoms with E-state index in [4.69, 9.17) is 4.98 Å². The lowest BCUT2D eigenvalue weighted by Gasteiger charge is -2.27. The Labute approximate surface area is 134 Å². The lowest BCUT2D eigenvalue weighted by molar-refractivity contribution is 0.230. The summed E-state index contributed by atoms with van der Waals surface area (Å²) in [4.78, 5) is 7.13. The van der Waals surface area contributed by atoms with E-state index in [-0.39, 0.29) is 5.82 Å². The zero-order chi connectivity index (χ0) is 15.6. The smallest absolute Gasteiger partial charge is 0.139 e. The first-order valence-electron chi connectivity index (χ1n) is 7.96. The molecule has 0 spiro atoms. The van der Waals surface area contributed by atoms with Crippen LogP contribution in [0.3, 0.4) is 0 Å². The van der Waals surface area contributed by atoms with Crippen molar-refractivity contribution in [1.29, 1.82) is 0 Å². The zero-order valence-corrected chi connectivity index (χ0v) is 12.9. The van der Waals surface area contributed by atoms with E-state index in [9.17, 15) is 4.39 Å². The number of fused-ring (bicyclic) bond motifs is 1. The molecule has 5 heteroatoms. The van der Waals surface area contributed by atoms with Gasteiger partial charge in [-0.05, 0) is 12.1 Å². The Morgan fingerprint density at radius 1 is 1.04 bits per heavy atom. The molecule has 1 aromatic carbocycles. The van der Waals surface area contributed by atoms with Crippen molar-refractivity contribution in [3.05, 3.63) is 60.2 Å². The normalized spacial score (nSPS) is 16.0. The number of hydrogen-bond acceptors (Lipinski definition) is 3. The fourth-order valence-electron chi connectivity index (χ4n) is 3.13. The largest absolute Gasteiger partial charge is 0.314 e. The Hall–Kier alpha value is -2.24. The van der Waals surface area contributed by atoms with Crippen LogP contribution < -0.4 is 5.32 Å². The van der Waals surface area contributed by atoms with Gasteiger partial charge in [-0.25, -0.2) is 9.37 Å². The maximum atomic E-state index is 13.7. The highest BCUT2D eigenvalue weighted by Crippen LogP contribution is 2.26. The van der Waals surface area contributed by atoms with Gasteiger partial charge in [0.15, 0.2) is 0 Å². The van der Waals surface area contributed by atoms with Gasteiger partial charge in [0.05, 0.1) is 11.4 Å². The summed E-state index contributed by atoms with van der Waals surface area (Å²) in [6, 6.07) is 13.3. The molecule has 1 N–H and O–H groups in total. The second-order valence-electron chi connectivity index (χ2n) is 5.87. The molecule has 1 fully saturated rings. The first-order chi connectivity index (χ1) is 11.3. The number of hydrogen-bond donors (Lipinski definition) is 1. The van der Waals surface area contributed by atoms with E-state index in [2.05, 4.69) is 22.3 Å². The van der Waals surface area contributed by atoms with Gasteiger partial charge in [0, 0.05) is 44.5 Å². The summed E-state index contributed by atoms with van der Waals surface area (Å²) in [5.41, 5.74) is 3.85. The van der Waals surface area contributed by atoms with E-state index in [1.54, 1.807) is 6.07 Å². The van der Waals surface area contributed by atoms with Crippen LogP contribution in [0.2, 0.25) is 0 Å². The number of aromatic nitrogens is 2. The van der Waals surface area contributed by atoms with Gasteiger partial charge in [-0.2, -0.15) is 0 Å². The van der Waals surface area contributed by atoms with Crippen molar-refractivity contribution in [2.24, 2.45) is 0 Å². The Kier molecular flexibility index (Phi) is 3.81. The molecule has 23 heavy (non-hydrogen) atoms. The minimum absolute atomic E-state index is 0.240. The Morgan fingerprint density at radius 2 is 1.83 bits per heavy atom. The van der Waals surface area contributed by atoms with E-state index in [0.717, 1.165) is 55.3 Å². The number of nitrogens with zero attached hydrogens (tertiary/aromatic N) is 3. The topological polar surface area (TPSA) is 32.6 Å². The van der Waals surface area contributed by atoms with Crippen molar-refractivity contribution in [3.8, 4) is 11.3 Å². The molecule has 3 aromatic rings. The first kappa shape index (κ1) is 14.4. The van der Waals surface area contributed by atoms with E-state index in [1.165, 1.54) is 12.3 Å². The molecule has 0 radical (unpaired) electrons. The van der Waals surface area contributed by atoms with E-state index >= 15 is 0 Å². The number of imidazole rings is 1. The fourth-order valence-corrected chi connectivity index (χ4v) is 3.13. The molecule has 1 aliphatic heterocycles. The minimum Gasteiger partial charge on any atom is -0.314 e. The number of pyridine rings is 1. The van der Waals surface area contributed by atoms with E-state index in [1.807, 2.05) is 22.6 Å². The Morgan fingerprint density at radius 3 is 2.61 bits per heavy atom. The van der Waals surface area contributed by atoms with Gasteiger partial charge in [-0.15, -0.1) is 0 Å². The second-order valence-corrected chi connectivity index (χ2v) is 5.87. The Balaban J connectivity index is 1.82. The highest BCUT2D eigenvalue weighted by Gasteiger charge is 2.18. The van der Waals surface area contributed by atoms with Crippen LogP contribution in [0, 0.1) is 5.82 Å². The monoisotopic (exact) mass is 310 g/mol. The number of rotatable bonds is 3. The van der Waals surface area contributed by atoms with Gasteiger partial charge in [-0.1, -0.05) is 30.3 Å². The molecule has 0 atom stereocenters. The molecule has 0 aliphatic carbocycles. The van der Waals surface area contributed by atoms with E-state index in [0.29, 0.717) is 0 Å². The maximum Gasteiger partial charge on any atom is 0.139 e. The molecule has 2 aromatic heterocycles. The SMILES string of the molecule is Fc1ccc2nc(-c3ccccc3)c(CN3CCNCC3)n2c1. The van der Waals surface area contributed by atoms with Crippen LogP contribution in [0.1, 0.15) is 5.69 Å². The quantitative estimate of drug-likeness (QED) is 0.807. The van der Waals surface area contributed by atoms with Crippen LogP contribution >= 0.6 is 0 Å². The molecule has 0 unspecified atom stereocenters. The average Bonchev–Trinajstić information content (AvgIpc) is 2.95. The third-order valence-electron chi connectivity index (χ3n) is 4.31. The summed E-state index contributed by atoms with van der Waals surface area (Å²) in [6.07, 6.45) is 1.53. The molecule has 0 saturated carbocycles. The van der Waals surface area contributed by atoms with Gasteiger partial charge in [0.25, 0.3) is 0 Å². The number of nitrogens with one attached hydrogen (secondary N) is 1. The molecule has 4 rings (SSSR count). The van der Waals surface area contributed by atoms with Gasteiger partial charge >= 0.3 is 0 Å². The van der Waals surface area contributed by atoms with Crippen LogP contribution in [0.15, 0.2) is 48.7 Å². The van der Waals surface area contributed by atoms with Crippen LogP contribution in [0.25, 0.3) is 16.9 Å². The molecule has 4 nitrogen and oxygen atoms in total. The fraction of sp³-hybridized carbons (Fsp3) is 0.278. The van der Waals surface area contributed by atoms with Crippen molar-refractivity contribution in [2.45, 2.75) is 6.54 Å². The van der Waals surface area contributed by atoms with Crippen molar-refractivity contribution < 1.29 is 4.39 Å². The number of halogens is 1. The molecule has 3 heterocycles. The highest BCUT2D eigenvalue weighted by molar-refractivity contribution is 5.66.